The highest BCUT2D eigenvalue weighted by Gasteiger charge is 2.45. The van der Waals surface area contributed by atoms with Crippen LogP contribution < -0.4 is 5.73 Å². The Morgan fingerprint density at radius 1 is 1.25 bits per heavy atom. The molecular weight excluding hydrogens is 250 g/mol. The van der Waals surface area contributed by atoms with Gasteiger partial charge in [0.1, 0.15) is 0 Å². The minimum Gasteiger partial charge on any atom is -0.378 e. The maximum atomic E-state index is 6.62. The van der Waals surface area contributed by atoms with Gasteiger partial charge in [-0.25, -0.2) is 0 Å². The van der Waals surface area contributed by atoms with Crippen molar-refractivity contribution in [1.82, 2.24) is 0 Å². The van der Waals surface area contributed by atoms with E-state index in [4.69, 9.17) is 15.2 Å². The zero-order valence-electron chi connectivity index (χ0n) is 11.9. The lowest BCUT2D eigenvalue weighted by Gasteiger charge is -2.44. The van der Waals surface area contributed by atoms with Crippen LogP contribution in [0.4, 0.5) is 0 Å². The first-order valence-electron chi connectivity index (χ1n) is 7.83. The average molecular weight is 273 g/mol. The normalized spacial score (nSPS) is 37.5. The van der Waals surface area contributed by atoms with Crippen LogP contribution in [0.5, 0.6) is 0 Å². The van der Waals surface area contributed by atoms with E-state index in [0.717, 1.165) is 45.5 Å². The quantitative estimate of drug-likeness (QED) is 0.899. The van der Waals surface area contributed by atoms with Gasteiger partial charge >= 0.3 is 0 Å². The lowest BCUT2D eigenvalue weighted by molar-refractivity contribution is -0.102. The van der Waals surface area contributed by atoms with Gasteiger partial charge in [0.2, 0.25) is 0 Å². The van der Waals surface area contributed by atoms with Crippen LogP contribution >= 0.6 is 0 Å². The first-order chi connectivity index (χ1) is 9.77. The molecule has 4 rings (SSSR count). The minimum absolute atomic E-state index is 0.0240. The molecule has 2 aliphatic heterocycles. The van der Waals surface area contributed by atoms with Crippen molar-refractivity contribution >= 4 is 0 Å². The molecule has 0 saturated carbocycles. The standard InChI is InChI=1S/C17H23NO2/c18-16(15-9-12-3-1-2-4-14(12)15)13-5-7-20-17(10-13)6-8-19-11-17/h1-4,13,15-16H,5-11,18H2. The van der Waals surface area contributed by atoms with Gasteiger partial charge in [0.25, 0.3) is 0 Å². The summed E-state index contributed by atoms with van der Waals surface area (Å²) >= 11 is 0. The van der Waals surface area contributed by atoms with Gasteiger partial charge < -0.3 is 15.2 Å². The number of rotatable bonds is 2. The maximum Gasteiger partial charge on any atom is 0.0939 e. The molecule has 0 amide bonds. The molecule has 1 spiro atoms. The molecule has 1 aromatic carbocycles. The molecule has 2 N–H and O–H groups in total. The summed E-state index contributed by atoms with van der Waals surface area (Å²) in [7, 11) is 0. The lowest BCUT2D eigenvalue weighted by atomic mass is 9.67. The summed E-state index contributed by atoms with van der Waals surface area (Å²) in [6.45, 7) is 2.45. The van der Waals surface area contributed by atoms with E-state index in [1.165, 1.54) is 11.1 Å². The van der Waals surface area contributed by atoms with E-state index in [1.54, 1.807) is 0 Å². The van der Waals surface area contributed by atoms with Gasteiger partial charge in [-0.3, -0.25) is 0 Å². The van der Waals surface area contributed by atoms with Gasteiger partial charge in [-0.1, -0.05) is 24.3 Å². The van der Waals surface area contributed by atoms with E-state index in [9.17, 15) is 0 Å². The van der Waals surface area contributed by atoms with Gasteiger partial charge in [-0.05, 0) is 36.3 Å². The summed E-state index contributed by atoms with van der Waals surface area (Å²) in [5.74, 6) is 1.12. The Bertz CT molecular complexity index is 496. The van der Waals surface area contributed by atoms with Crippen LogP contribution in [0, 0.1) is 5.92 Å². The fraction of sp³-hybridized carbons (Fsp3) is 0.647. The molecule has 3 aliphatic rings. The van der Waals surface area contributed by atoms with Crippen LogP contribution in [0.1, 0.15) is 36.3 Å². The highest BCUT2D eigenvalue weighted by atomic mass is 16.6. The van der Waals surface area contributed by atoms with Crippen molar-refractivity contribution in [3.63, 3.8) is 0 Å². The molecule has 3 heteroatoms. The molecule has 4 unspecified atom stereocenters. The first kappa shape index (κ1) is 12.8. The molecule has 0 radical (unpaired) electrons. The highest BCUT2D eigenvalue weighted by molar-refractivity contribution is 5.41. The Morgan fingerprint density at radius 3 is 2.95 bits per heavy atom. The van der Waals surface area contributed by atoms with Crippen molar-refractivity contribution in [3.05, 3.63) is 35.4 Å². The second kappa shape index (κ2) is 4.83. The zero-order valence-corrected chi connectivity index (χ0v) is 11.9. The fourth-order valence-corrected chi connectivity index (χ4v) is 4.23. The van der Waals surface area contributed by atoms with Crippen LogP contribution in [-0.2, 0) is 15.9 Å². The number of benzene rings is 1. The summed E-state index contributed by atoms with van der Waals surface area (Å²) in [6, 6.07) is 9.01. The van der Waals surface area contributed by atoms with Crippen LogP contribution in [0.2, 0.25) is 0 Å². The maximum absolute atomic E-state index is 6.62. The molecule has 108 valence electrons. The van der Waals surface area contributed by atoms with Crippen molar-refractivity contribution in [2.45, 2.75) is 43.2 Å². The summed E-state index contributed by atoms with van der Waals surface area (Å²) in [6.07, 6.45) is 4.37. The van der Waals surface area contributed by atoms with E-state index in [-0.39, 0.29) is 11.6 Å². The Hall–Kier alpha value is -0.900. The van der Waals surface area contributed by atoms with Gasteiger partial charge in [-0.2, -0.15) is 0 Å². The molecule has 20 heavy (non-hydrogen) atoms. The fourth-order valence-electron chi connectivity index (χ4n) is 4.23. The third-order valence-electron chi connectivity index (χ3n) is 5.50. The monoisotopic (exact) mass is 273 g/mol. The van der Waals surface area contributed by atoms with Gasteiger partial charge in [0.15, 0.2) is 0 Å². The van der Waals surface area contributed by atoms with Crippen LogP contribution in [0.25, 0.3) is 0 Å². The second-order valence-corrected chi connectivity index (χ2v) is 6.67. The predicted molar refractivity (Wildman–Crippen MR) is 77.7 cm³/mol. The zero-order chi connectivity index (χ0) is 13.6. The summed E-state index contributed by atoms with van der Waals surface area (Å²) in [5, 5.41) is 0. The molecule has 2 heterocycles. The lowest BCUT2D eigenvalue weighted by Crippen LogP contribution is -2.49. The second-order valence-electron chi connectivity index (χ2n) is 6.67. The SMILES string of the molecule is NC(C1CCOC2(CCOC2)C1)C1Cc2ccccc21. The van der Waals surface area contributed by atoms with E-state index < -0.39 is 0 Å². The van der Waals surface area contributed by atoms with Crippen LogP contribution in [-0.4, -0.2) is 31.5 Å². The van der Waals surface area contributed by atoms with E-state index >= 15 is 0 Å². The van der Waals surface area contributed by atoms with E-state index in [2.05, 4.69) is 24.3 Å². The molecule has 1 aromatic rings. The number of nitrogens with two attached hydrogens (primary N) is 1. The smallest absolute Gasteiger partial charge is 0.0939 e. The Kier molecular flexibility index (Phi) is 3.09. The predicted octanol–water partition coefficient (Wildman–Crippen LogP) is 2.24. The molecule has 0 aromatic heterocycles. The average Bonchev–Trinajstić information content (AvgIpc) is 2.88. The van der Waals surface area contributed by atoms with Crippen LogP contribution in [0.3, 0.4) is 0 Å². The van der Waals surface area contributed by atoms with Crippen molar-refractivity contribution < 1.29 is 9.47 Å². The largest absolute Gasteiger partial charge is 0.378 e. The Balaban J connectivity index is 1.48. The third-order valence-corrected chi connectivity index (χ3v) is 5.50. The molecule has 1 aliphatic carbocycles. The van der Waals surface area contributed by atoms with E-state index in [1.807, 2.05) is 0 Å². The van der Waals surface area contributed by atoms with Crippen molar-refractivity contribution in [1.29, 1.82) is 0 Å². The number of ether oxygens (including phenoxy) is 2. The third kappa shape index (κ3) is 2.00. The molecule has 2 fully saturated rings. The van der Waals surface area contributed by atoms with Crippen molar-refractivity contribution in [2.24, 2.45) is 11.7 Å². The van der Waals surface area contributed by atoms with E-state index in [0.29, 0.717) is 11.8 Å². The molecular formula is C17H23NO2. The first-order valence-corrected chi connectivity index (χ1v) is 7.83. The molecule has 3 nitrogen and oxygen atoms in total. The Morgan fingerprint density at radius 2 is 2.15 bits per heavy atom. The highest BCUT2D eigenvalue weighted by Crippen LogP contribution is 2.44. The minimum atomic E-state index is -0.0240. The van der Waals surface area contributed by atoms with Gasteiger partial charge in [0.05, 0.1) is 12.2 Å². The van der Waals surface area contributed by atoms with Crippen molar-refractivity contribution in [2.75, 3.05) is 19.8 Å². The van der Waals surface area contributed by atoms with Gasteiger partial charge in [-0.15, -0.1) is 0 Å². The van der Waals surface area contributed by atoms with Crippen molar-refractivity contribution in [3.8, 4) is 0 Å². The molecule has 0 bridgehead atoms. The molecule has 2 saturated heterocycles. The Labute approximate surface area is 120 Å². The topological polar surface area (TPSA) is 44.5 Å². The summed E-state index contributed by atoms with van der Waals surface area (Å²) in [4.78, 5) is 0. The molecule has 4 atom stereocenters. The number of fused-ring (bicyclic) bond motifs is 1. The summed E-state index contributed by atoms with van der Waals surface area (Å²) < 4.78 is 11.6. The van der Waals surface area contributed by atoms with Crippen LogP contribution in [0.15, 0.2) is 24.3 Å². The number of hydrogen-bond acceptors (Lipinski definition) is 3. The summed E-state index contributed by atoms with van der Waals surface area (Å²) in [5.41, 5.74) is 9.56. The van der Waals surface area contributed by atoms with Gasteiger partial charge in [0, 0.05) is 31.6 Å². The number of hydrogen-bond donors (Lipinski definition) is 1.